The third kappa shape index (κ3) is 10.1. The first kappa shape index (κ1) is 26.6. The van der Waals surface area contributed by atoms with Crippen LogP contribution in [-0.2, 0) is 10.1 Å². The summed E-state index contributed by atoms with van der Waals surface area (Å²) in [5.74, 6) is -0.244. The number of unbranched alkanes of at least 4 members (excludes halogenated alkanes) is 7. The van der Waals surface area contributed by atoms with Crippen molar-refractivity contribution in [2.24, 2.45) is 0 Å². The van der Waals surface area contributed by atoms with Crippen LogP contribution in [0.15, 0.2) is 23.1 Å². The van der Waals surface area contributed by atoms with Crippen molar-refractivity contribution in [3.63, 3.8) is 0 Å². The molecule has 1 rings (SSSR count). The molecule has 148 valence electrons. The molecular weight excluding hydrogens is 375 g/mol. The van der Waals surface area contributed by atoms with Gasteiger partial charge in [0, 0.05) is 6.42 Å². The summed E-state index contributed by atoms with van der Waals surface area (Å²) in [7, 11) is -4.69. The normalized spacial score (nSPS) is 11.1. The summed E-state index contributed by atoms with van der Waals surface area (Å²) in [6, 6.07) is 4.18. The van der Waals surface area contributed by atoms with E-state index in [0.29, 0.717) is 6.42 Å². The van der Waals surface area contributed by atoms with Crippen LogP contribution in [0.5, 0.6) is 5.75 Å². The predicted octanol–water partition coefficient (Wildman–Crippen LogP) is 2.10. The third-order valence-electron chi connectivity index (χ3n) is 4.30. The Morgan fingerprint density at radius 1 is 0.963 bits per heavy atom. The second-order valence-corrected chi connectivity index (χ2v) is 7.93. The topological polar surface area (TPSA) is 83.5 Å². The number of rotatable bonds is 14. The predicted molar refractivity (Wildman–Crippen MR) is 102 cm³/mol. The van der Waals surface area contributed by atoms with Gasteiger partial charge in [0.15, 0.2) is 5.78 Å². The minimum absolute atomic E-state index is 0. The fourth-order valence-electron chi connectivity index (χ4n) is 2.81. The van der Waals surface area contributed by atoms with E-state index in [-0.39, 0.29) is 53.3 Å². The zero-order valence-corrected chi connectivity index (χ0v) is 19.8. The van der Waals surface area contributed by atoms with Crippen molar-refractivity contribution in [3.05, 3.63) is 23.8 Å². The number of hydrogen-bond donors (Lipinski definition) is 0. The summed E-state index contributed by atoms with van der Waals surface area (Å²) in [4.78, 5) is 12.1. The maximum absolute atomic E-state index is 12.5. The summed E-state index contributed by atoms with van der Waals surface area (Å²) in [5.41, 5.74) is 0.201. The quantitative estimate of drug-likeness (QED) is 0.204. The van der Waals surface area contributed by atoms with Crippen LogP contribution in [0.2, 0.25) is 0 Å². The van der Waals surface area contributed by atoms with Crippen LogP contribution in [-0.4, -0.2) is 25.4 Å². The van der Waals surface area contributed by atoms with E-state index in [2.05, 4.69) is 6.92 Å². The molecule has 1 aromatic rings. The largest absolute Gasteiger partial charge is 1.00 e. The first-order valence-corrected chi connectivity index (χ1v) is 11.1. The summed E-state index contributed by atoms with van der Waals surface area (Å²) in [6.45, 7) is 4.49. The van der Waals surface area contributed by atoms with Crippen molar-refractivity contribution in [3.8, 4) is 5.75 Å². The zero-order chi connectivity index (χ0) is 19.4. The van der Waals surface area contributed by atoms with Crippen LogP contribution < -0.4 is 34.3 Å². The van der Waals surface area contributed by atoms with Crippen molar-refractivity contribution in [1.82, 2.24) is 0 Å². The van der Waals surface area contributed by atoms with E-state index in [1.165, 1.54) is 31.4 Å². The average molecular weight is 407 g/mol. The van der Waals surface area contributed by atoms with E-state index >= 15 is 0 Å². The molecule has 0 heterocycles. The summed E-state index contributed by atoms with van der Waals surface area (Å²) in [5, 5.41) is 0. The number of para-hydroxylation sites is 1. The van der Waals surface area contributed by atoms with Gasteiger partial charge in [-0.05, 0) is 25.0 Å². The number of carbonyl (C=O) groups excluding carboxylic acids is 1. The molecule has 0 radical (unpaired) electrons. The Hall–Kier alpha value is -0.400. The Bertz CT molecular complexity index is 658. The Labute approximate surface area is 186 Å². The molecule has 7 heteroatoms. The molecule has 0 spiro atoms. The molecule has 0 atom stereocenters. The van der Waals surface area contributed by atoms with E-state index in [0.717, 1.165) is 38.5 Å². The summed E-state index contributed by atoms with van der Waals surface area (Å²) in [6.07, 6.45) is 9.37. The van der Waals surface area contributed by atoms with E-state index < -0.39 is 15.0 Å². The first-order valence-electron chi connectivity index (χ1n) is 9.66. The average Bonchev–Trinajstić information content (AvgIpc) is 2.60. The van der Waals surface area contributed by atoms with Crippen LogP contribution in [0, 0.1) is 0 Å². The van der Waals surface area contributed by atoms with Crippen molar-refractivity contribution in [1.29, 1.82) is 0 Å². The minimum atomic E-state index is -4.69. The van der Waals surface area contributed by atoms with Crippen LogP contribution >= 0.6 is 0 Å². The minimum Gasteiger partial charge on any atom is -0.744 e. The molecule has 0 N–H and O–H groups in total. The van der Waals surface area contributed by atoms with Gasteiger partial charge >= 0.3 is 29.6 Å². The molecule has 0 saturated heterocycles. The molecule has 1 aromatic carbocycles. The van der Waals surface area contributed by atoms with Crippen LogP contribution in [0.25, 0.3) is 0 Å². The van der Waals surface area contributed by atoms with Crippen molar-refractivity contribution in [2.45, 2.75) is 83.0 Å². The number of Topliss-reactive ketones (excluding diaryl/α,β-unsaturated/α-hetero) is 1. The summed E-state index contributed by atoms with van der Waals surface area (Å²) < 4.78 is 40.2. The van der Waals surface area contributed by atoms with E-state index in [9.17, 15) is 17.8 Å². The smallest absolute Gasteiger partial charge is 0.744 e. The van der Waals surface area contributed by atoms with E-state index in [1.807, 2.05) is 6.92 Å². The van der Waals surface area contributed by atoms with Gasteiger partial charge in [0.1, 0.15) is 15.9 Å². The molecule has 27 heavy (non-hydrogen) atoms. The van der Waals surface area contributed by atoms with Crippen molar-refractivity contribution < 1.29 is 52.1 Å². The molecular formula is C20H31NaO5S. The second-order valence-electron chi connectivity index (χ2n) is 6.58. The van der Waals surface area contributed by atoms with Gasteiger partial charge in [-0.2, -0.15) is 0 Å². The molecule has 0 saturated carbocycles. The zero-order valence-electron chi connectivity index (χ0n) is 17.0. The molecule has 0 bridgehead atoms. The fraction of sp³-hybridized carbons (Fsp3) is 0.650. The van der Waals surface area contributed by atoms with Gasteiger partial charge in [0.05, 0.1) is 17.1 Å². The van der Waals surface area contributed by atoms with Gasteiger partial charge in [0.25, 0.3) is 0 Å². The van der Waals surface area contributed by atoms with Crippen LogP contribution in [0.4, 0.5) is 0 Å². The van der Waals surface area contributed by atoms with Gasteiger partial charge in [-0.25, -0.2) is 8.42 Å². The van der Waals surface area contributed by atoms with Crippen LogP contribution in [0.1, 0.15) is 88.4 Å². The number of ether oxygens (including phenoxy) is 1. The standard InChI is InChI=1S/C20H32O5S.Na/c1-3-5-7-8-9-10-14-18(21)17-13-12-15-19(26(22,23)24)20(17)25-16-11-6-4-2;/h12-13,15H,3-11,14,16H2,1-2H3,(H,22,23,24);/q;+1/p-1. The maximum atomic E-state index is 12.5. The second kappa shape index (κ2) is 14.6. The van der Waals surface area contributed by atoms with Gasteiger partial charge in [0.2, 0.25) is 0 Å². The molecule has 0 amide bonds. The van der Waals surface area contributed by atoms with Crippen molar-refractivity contribution in [2.75, 3.05) is 6.61 Å². The molecule has 0 unspecified atom stereocenters. The SMILES string of the molecule is CCCCCCCCC(=O)c1cccc(S(=O)(=O)[O-])c1OCCCCC.[Na+]. The Kier molecular flexibility index (Phi) is 14.4. The number of carbonyl (C=O) groups is 1. The van der Waals surface area contributed by atoms with E-state index in [4.69, 9.17) is 4.74 Å². The number of ketones is 1. The molecule has 0 aliphatic carbocycles. The van der Waals surface area contributed by atoms with Crippen LogP contribution in [0.3, 0.4) is 0 Å². The third-order valence-corrected chi connectivity index (χ3v) is 5.16. The number of benzene rings is 1. The Balaban J connectivity index is 0.00000676. The molecule has 5 nitrogen and oxygen atoms in total. The Morgan fingerprint density at radius 2 is 1.56 bits per heavy atom. The molecule has 0 aromatic heterocycles. The van der Waals surface area contributed by atoms with Gasteiger partial charge < -0.3 is 9.29 Å². The van der Waals surface area contributed by atoms with E-state index in [1.54, 1.807) is 6.07 Å². The summed E-state index contributed by atoms with van der Waals surface area (Å²) >= 11 is 0. The monoisotopic (exact) mass is 406 g/mol. The first-order chi connectivity index (χ1) is 12.4. The van der Waals surface area contributed by atoms with Crippen molar-refractivity contribution >= 4 is 15.9 Å². The fourth-order valence-corrected chi connectivity index (χ4v) is 3.45. The Morgan fingerprint density at radius 3 is 2.19 bits per heavy atom. The number of hydrogen-bond acceptors (Lipinski definition) is 5. The van der Waals surface area contributed by atoms with Gasteiger partial charge in [-0.3, -0.25) is 4.79 Å². The molecule has 0 aliphatic heterocycles. The van der Waals surface area contributed by atoms with Gasteiger partial charge in [-0.15, -0.1) is 0 Å². The maximum Gasteiger partial charge on any atom is 1.00 e. The molecule has 0 aliphatic rings. The molecule has 0 fully saturated rings. The van der Waals surface area contributed by atoms with Gasteiger partial charge in [-0.1, -0.05) is 64.9 Å².